The molecule has 11 nitrogen and oxygen atoms in total. The molecule has 2 amide bonds. The van der Waals surface area contributed by atoms with Crippen molar-refractivity contribution in [1.29, 1.82) is 0 Å². The number of hydrogen-bond acceptors (Lipinski definition) is 9. The second-order valence-electron chi connectivity index (χ2n) is 13.3. The first-order valence-corrected chi connectivity index (χ1v) is 16.5. The minimum absolute atomic E-state index is 0.00265. The molecule has 2 saturated heterocycles. The lowest BCUT2D eigenvalue weighted by molar-refractivity contribution is -0.225. The number of nitrogens with two attached hydrogens (primary N) is 1. The lowest BCUT2D eigenvalue weighted by Crippen LogP contribution is -2.59. The molecule has 4 aliphatic heterocycles. The third-order valence-electron chi connectivity index (χ3n) is 10.2. The number of nitrogens with one attached hydrogen (secondary N) is 1. The van der Waals surface area contributed by atoms with Crippen molar-refractivity contribution in [2.75, 3.05) is 69.3 Å². The largest absolute Gasteiger partial charge is 0.428 e. The summed E-state index contributed by atoms with van der Waals surface area (Å²) < 4.78 is 66.3. The number of nitrogens with zero attached hydrogens (tertiary/aromatic N) is 6. The van der Waals surface area contributed by atoms with Crippen LogP contribution >= 0.6 is 0 Å². The van der Waals surface area contributed by atoms with Crippen LogP contribution in [-0.4, -0.2) is 115 Å². The standard InChI is InChI=1S/C34H42F4N8O3/c1-21-18-46(19-22(2)43(21)3)29-25(5-4-6-26(29)28-31(48)40-17-27(30(39)47)33(28,35)34(36,37)38)24-7-9-45(10-8-24)32-41-15-23(16-42-32)20-44-11-13-49-14-12-44/h4-7,15-17,21-22,28H,8-14,18-20H2,1-3H3,(H2,39,47)(H,40,48)/t21-,22+,28?,33?. The Morgan fingerprint density at radius 2 is 1.76 bits per heavy atom. The molecule has 4 aliphatic rings. The van der Waals surface area contributed by atoms with Gasteiger partial charge in [0, 0.05) is 93.3 Å². The third kappa shape index (κ3) is 6.63. The number of benzene rings is 1. The molecular weight excluding hydrogens is 644 g/mol. The average molecular weight is 687 g/mol. The molecule has 4 atom stereocenters. The van der Waals surface area contributed by atoms with Gasteiger partial charge in [-0.3, -0.25) is 19.4 Å². The van der Waals surface area contributed by atoms with Gasteiger partial charge in [0.1, 0.15) is 5.92 Å². The topological polar surface area (TPSA) is 120 Å². The second kappa shape index (κ2) is 13.7. The number of ether oxygens (including phenoxy) is 1. The van der Waals surface area contributed by atoms with Gasteiger partial charge < -0.3 is 25.6 Å². The van der Waals surface area contributed by atoms with Crippen molar-refractivity contribution in [2.45, 2.75) is 56.7 Å². The van der Waals surface area contributed by atoms with E-state index in [4.69, 9.17) is 10.5 Å². The van der Waals surface area contributed by atoms with Crippen LogP contribution in [-0.2, 0) is 20.9 Å². The molecule has 6 rings (SSSR count). The molecule has 0 spiro atoms. The van der Waals surface area contributed by atoms with Gasteiger partial charge in [-0.15, -0.1) is 0 Å². The summed E-state index contributed by atoms with van der Waals surface area (Å²) in [6.07, 6.45) is 0.937. The van der Waals surface area contributed by atoms with Gasteiger partial charge in [0.2, 0.25) is 17.8 Å². The Hall–Kier alpha value is -4.08. The highest BCUT2D eigenvalue weighted by Gasteiger charge is 2.68. The molecular formula is C34H42F4N8O3. The van der Waals surface area contributed by atoms with E-state index < -0.39 is 35.2 Å². The first kappa shape index (κ1) is 34.8. The molecule has 0 bridgehead atoms. The van der Waals surface area contributed by atoms with Crippen LogP contribution in [0.3, 0.4) is 0 Å². The molecule has 0 saturated carbocycles. The zero-order chi connectivity index (χ0) is 35.1. The lowest BCUT2D eigenvalue weighted by atomic mass is 9.73. The number of morpholine rings is 1. The van der Waals surface area contributed by atoms with Gasteiger partial charge in [0.15, 0.2) is 0 Å². The van der Waals surface area contributed by atoms with Crippen LogP contribution in [0.1, 0.15) is 42.9 Å². The Morgan fingerprint density at radius 1 is 1.08 bits per heavy atom. The van der Waals surface area contributed by atoms with Gasteiger partial charge in [-0.25, -0.2) is 14.4 Å². The Labute approximate surface area is 282 Å². The maximum atomic E-state index is 16.7. The summed E-state index contributed by atoms with van der Waals surface area (Å²) in [7, 11) is 1.98. The molecule has 3 N–H and O–H groups in total. The molecule has 1 aromatic heterocycles. The molecule has 0 aliphatic carbocycles. The predicted molar refractivity (Wildman–Crippen MR) is 176 cm³/mol. The Bertz CT molecular complexity index is 1620. The average Bonchev–Trinajstić information content (AvgIpc) is 3.07. The van der Waals surface area contributed by atoms with Crippen molar-refractivity contribution in [3.8, 4) is 0 Å². The number of carbonyl (C=O) groups is 2. The molecule has 15 heteroatoms. The number of amides is 2. The summed E-state index contributed by atoms with van der Waals surface area (Å²) in [6.45, 7) is 9.68. The minimum atomic E-state index is -5.62. The fourth-order valence-electron chi connectivity index (χ4n) is 7.29. The van der Waals surface area contributed by atoms with E-state index in [0.717, 1.165) is 30.8 Å². The molecule has 2 fully saturated rings. The summed E-state index contributed by atoms with van der Waals surface area (Å²) >= 11 is 0. The summed E-state index contributed by atoms with van der Waals surface area (Å²) in [5.74, 6) is -4.66. The zero-order valence-corrected chi connectivity index (χ0v) is 27.8. The first-order valence-electron chi connectivity index (χ1n) is 16.5. The minimum Gasteiger partial charge on any atom is -0.379 e. The number of hydrogen-bond donors (Lipinski definition) is 2. The highest BCUT2D eigenvalue weighted by atomic mass is 19.4. The van der Waals surface area contributed by atoms with Crippen LogP contribution < -0.4 is 20.9 Å². The van der Waals surface area contributed by atoms with Crippen molar-refractivity contribution >= 4 is 29.0 Å². The van der Waals surface area contributed by atoms with E-state index in [1.165, 1.54) is 12.1 Å². The summed E-state index contributed by atoms with van der Waals surface area (Å²) in [5, 5.41) is 2.18. The Morgan fingerprint density at radius 3 is 2.35 bits per heavy atom. The zero-order valence-electron chi connectivity index (χ0n) is 27.8. The monoisotopic (exact) mass is 686 g/mol. The van der Waals surface area contributed by atoms with Crippen LogP contribution in [0.25, 0.3) is 5.57 Å². The number of carbonyl (C=O) groups excluding carboxylic acids is 2. The molecule has 1 aromatic carbocycles. The van der Waals surface area contributed by atoms with Gasteiger partial charge in [-0.05, 0) is 38.5 Å². The number of halogens is 4. The number of alkyl halides is 4. The number of primary amides is 1. The van der Waals surface area contributed by atoms with Gasteiger partial charge in [0.05, 0.1) is 18.8 Å². The summed E-state index contributed by atoms with van der Waals surface area (Å²) in [6, 6.07) is 4.69. The predicted octanol–water partition coefficient (Wildman–Crippen LogP) is 2.98. The lowest BCUT2D eigenvalue weighted by Gasteiger charge is -2.46. The quantitative estimate of drug-likeness (QED) is 0.424. The van der Waals surface area contributed by atoms with E-state index in [9.17, 15) is 22.8 Å². The van der Waals surface area contributed by atoms with Crippen LogP contribution in [0, 0.1) is 0 Å². The molecule has 264 valence electrons. The van der Waals surface area contributed by atoms with E-state index >= 15 is 4.39 Å². The van der Waals surface area contributed by atoms with Crippen LogP contribution in [0.2, 0.25) is 0 Å². The van der Waals surface area contributed by atoms with Crippen molar-refractivity contribution in [3.63, 3.8) is 0 Å². The normalized spacial score (nSPS) is 27.4. The van der Waals surface area contributed by atoms with Crippen molar-refractivity contribution in [2.24, 2.45) is 5.73 Å². The van der Waals surface area contributed by atoms with E-state index in [-0.39, 0.29) is 17.6 Å². The number of likely N-dealkylation sites (N-methyl/N-ethyl adjacent to an activating group) is 1. The molecule has 2 aromatic rings. The number of aromatic nitrogens is 2. The molecule has 2 unspecified atom stereocenters. The van der Waals surface area contributed by atoms with E-state index in [2.05, 4.69) is 25.1 Å². The van der Waals surface area contributed by atoms with Crippen LogP contribution in [0.15, 0.2) is 48.4 Å². The smallest absolute Gasteiger partial charge is 0.379 e. The Kier molecular flexibility index (Phi) is 9.70. The fraction of sp³-hybridized carbons (Fsp3) is 0.529. The molecule has 0 radical (unpaired) electrons. The van der Waals surface area contributed by atoms with Crippen LogP contribution in [0.5, 0.6) is 0 Å². The number of para-hydroxylation sites is 1. The van der Waals surface area contributed by atoms with E-state index in [1.54, 1.807) is 6.07 Å². The van der Waals surface area contributed by atoms with Gasteiger partial charge in [-0.1, -0.05) is 24.3 Å². The molecule has 5 heterocycles. The summed E-state index contributed by atoms with van der Waals surface area (Å²) in [5.41, 5.74) is 2.21. The van der Waals surface area contributed by atoms with Gasteiger partial charge >= 0.3 is 6.18 Å². The number of anilines is 2. The van der Waals surface area contributed by atoms with Crippen molar-refractivity contribution < 1.29 is 31.9 Å². The fourth-order valence-corrected chi connectivity index (χ4v) is 7.29. The maximum absolute atomic E-state index is 16.7. The maximum Gasteiger partial charge on any atom is 0.428 e. The molecule has 49 heavy (non-hydrogen) atoms. The van der Waals surface area contributed by atoms with Crippen molar-refractivity contribution in [1.82, 2.24) is 25.1 Å². The SMILES string of the molecule is C[C@@H]1CN(c2c(C3=CCN(c4ncc(CN5CCOCC5)cn4)CC3)cccc2C2C(=O)NC=C(C(N)=O)C2(F)C(F)(F)F)C[C@H](C)N1C. The second-order valence-corrected chi connectivity index (χ2v) is 13.3. The third-order valence-corrected chi connectivity index (χ3v) is 10.2. The van der Waals surface area contributed by atoms with E-state index in [0.29, 0.717) is 69.2 Å². The first-order chi connectivity index (χ1) is 23.3. The number of rotatable bonds is 7. The van der Waals surface area contributed by atoms with Crippen LogP contribution in [0.4, 0.5) is 29.2 Å². The van der Waals surface area contributed by atoms with Crippen molar-refractivity contribution in [3.05, 3.63) is 65.1 Å². The highest BCUT2D eigenvalue weighted by Crippen LogP contribution is 2.53. The summed E-state index contributed by atoms with van der Waals surface area (Å²) in [4.78, 5) is 43.2. The van der Waals surface area contributed by atoms with Gasteiger partial charge in [-0.2, -0.15) is 13.2 Å². The van der Waals surface area contributed by atoms with E-state index in [1.807, 2.05) is 49.2 Å². The highest BCUT2D eigenvalue weighted by molar-refractivity contribution is 6.01. The van der Waals surface area contributed by atoms with Gasteiger partial charge in [0.25, 0.3) is 5.67 Å². The Balaban J connectivity index is 1.36. The number of piperazine rings is 1.